The molecule has 5 aromatic rings. The normalized spacial score (nSPS) is 11.1. The number of methoxy groups -OCH3 is 2. The van der Waals surface area contributed by atoms with Crippen LogP contribution in [0.5, 0.6) is 17.6 Å². The lowest BCUT2D eigenvalue weighted by Gasteiger charge is -2.10. The summed E-state index contributed by atoms with van der Waals surface area (Å²) in [6, 6.07) is 7.90. The number of aromatic nitrogens is 8. The third-order valence-corrected chi connectivity index (χ3v) is 5.17. The maximum Gasteiger partial charge on any atom is 0.231 e. The number of hydrogen-bond acceptors (Lipinski definition) is 9. The van der Waals surface area contributed by atoms with Gasteiger partial charge in [-0.15, -0.1) is 0 Å². The predicted octanol–water partition coefficient (Wildman–Crippen LogP) is 2.45. The molecule has 0 fully saturated rings. The second-order valence-corrected chi connectivity index (χ2v) is 7.27. The van der Waals surface area contributed by atoms with E-state index < -0.39 is 0 Å². The van der Waals surface area contributed by atoms with E-state index in [0.717, 1.165) is 16.5 Å². The zero-order valence-electron chi connectivity index (χ0n) is 18.2. The fraction of sp³-hybridized carbons (Fsp3) is 0.182. The Bertz CT molecular complexity index is 1420. The lowest BCUT2D eigenvalue weighted by molar-refractivity contribution is 0.374. The van der Waals surface area contributed by atoms with Gasteiger partial charge in [-0.05, 0) is 5.56 Å². The SMILES string of the molecule is COc1ncnc(OC)c1-c1ncc2cnn(Cc3ccc(-c4nc(O)cn4C)cc3)c2n1. The van der Waals surface area contributed by atoms with Gasteiger partial charge in [-0.2, -0.15) is 10.1 Å². The molecule has 1 N–H and O–H groups in total. The maximum atomic E-state index is 9.61. The Balaban J connectivity index is 1.49. The minimum Gasteiger partial charge on any atom is -0.492 e. The van der Waals surface area contributed by atoms with Crippen molar-refractivity contribution in [1.82, 2.24) is 39.3 Å². The second-order valence-electron chi connectivity index (χ2n) is 7.27. The molecule has 0 unspecified atom stereocenters. The van der Waals surface area contributed by atoms with Crippen LogP contribution < -0.4 is 9.47 Å². The van der Waals surface area contributed by atoms with E-state index in [4.69, 9.17) is 14.5 Å². The number of hydrogen-bond donors (Lipinski definition) is 1. The first kappa shape index (κ1) is 20.4. The van der Waals surface area contributed by atoms with Gasteiger partial charge in [0.15, 0.2) is 11.5 Å². The molecule has 166 valence electrons. The van der Waals surface area contributed by atoms with Gasteiger partial charge in [-0.3, -0.25) is 0 Å². The average molecular weight is 444 g/mol. The molecule has 0 saturated carbocycles. The Morgan fingerprint density at radius 1 is 0.939 bits per heavy atom. The van der Waals surface area contributed by atoms with Crippen LogP contribution in [-0.4, -0.2) is 58.6 Å². The number of ether oxygens (including phenoxy) is 2. The van der Waals surface area contributed by atoms with E-state index in [1.54, 1.807) is 27.8 Å². The Morgan fingerprint density at radius 2 is 1.67 bits per heavy atom. The molecule has 0 aliphatic rings. The van der Waals surface area contributed by atoms with E-state index >= 15 is 0 Å². The van der Waals surface area contributed by atoms with E-state index in [0.29, 0.717) is 41.2 Å². The van der Waals surface area contributed by atoms with Crippen molar-refractivity contribution >= 4 is 11.0 Å². The summed E-state index contributed by atoms with van der Waals surface area (Å²) < 4.78 is 14.3. The van der Waals surface area contributed by atoms with Crippen molar-refractivity contribution in [1.29, 1.82) is 0 Å². The molecule has 4 aromatic heterocycles. The van der Waals surface area contributed by atoms with Gasteiger partial charge < -0.3 is 19.1 Å². The summed E-state index contributed by atoms with van der Waals surface area (Å²) in [7, 11) is 4.87. The van der Waals surface area contributed by atoms with Gasteiger partial charge in [-0.25, -0.2) is 24.6 Å². The van der Waals surface area contributed by atoms with Crippen LogP contribution in [0.25, 0.3) is 33.8 Å². The van der Waals surface area contributed by atoms with Crippen molar-refractivity contribution in [3.8, 4) is 40.4 Å². The smallest absolute Gasteiger partial charge is 0.231 e. The van der Waals surface area contributed by atoms with Crippen LogP contribution in [-0.2, 0) is 13.6 Å². The Hall–Kier alpha value is -4.54. The summed E-state index contributed by atoms with van der Waals surface area (Å²) in [4.78, 5) is 21.6. The fourth-order valence-electron chi connectivity index (χ4n) is 3.61. The predicted molar refractivity (Wildman–Crippen MR) is 119 cm³/mol. The van der Waals surface area contributed by atoms with Gasteiger partial charge in [0.2, 0.25) is 17.6 Å². The van der Waals surface area contributed by atoms with Crippen LogP contribution >= 0.6 is 0 Å². The third-order valence-electron chi connectivity index (χ3n) is 5.17. The Morgan fingerprint density at radius 3 is 2.30 bits per heavy atom. The van der Waals surface area contributed by atoms with Crippen molar-refractivity contribution in [2.45, 2.75) is 6.54 Å². The largest absolute Gasteiger partial charge is 0.492 e. The number of imidazole rings is 1. The molecule has 0 aliphatic carbocycles. The van der Waals surface area contributed by atoms with Crippen molar-refractivity contribution in [3.63, 3.8) is 0 Å². The van der Waals surface area contributed by atoms with Crippen LogP contribution in [0.1, 0.15) is 5.56 Å². The second kappa shape index (κ2) is 8.19. The van der Waals surface area contributed by atoms with Gasteiger partial charge >= 0.3 is 0 Å². The van der Waals surface area contributed by atoms with E-state index in [2.05, 4.69) is 25.0 Å². The van der Waals surface area contributed by atoms with Crippen molar-refractivity contribution in [2.75, 3.05) is 14.2 Å². The molecule has 33 heavy (non-hydrogen) atoms. The number of nitrogens with zero attached hydrogens (tertiary/aromatic N) is 8. The van der Waals surface area contributed by atoms with E-state index in [-0.39, 0.29) is 5.88 Å². The van der Waals surface area contributed by atoms with Crippen LogP contribution in [0.3, 0.4) is 0 Å². The van der Waals surface area contributed by atoms with Gasteiger partial charge in [0.05, 0.1) is 38.5 Å². The van der Waals surface area contributed by atoms with Gasteiger partial charge in [-0.1, -0.05) is 24.3 Å². The standard InChI is InChI=1S/C22H20N8O3/c1-29-11-16(31)27-19(29)14-6-4-13(5-7-14)10-30-20-15(9-26-30)8-23-18(28-20)17-21(32-2)24-12-25-22(17)33-3/h4-9,11-12,31H,10H2,1-3H3. The molecular formula is C22H20N8O3. The molecular weight excluding hydrogens is 424 g/mol. The molecule has 5 rings (SSSR count). The molecule has 0 bridgehead atoms. The molecule has 11 nitrogen and oxygen atoms in total. The Labute approximate surface area is 188 Å². The molecule has 0 atom stereocenters. The minimum atomic E-state index is -0.00727. The first-order chi connectivity index (χ1) is 16.1. The summed E-state index contributed by atoms with van der Waals surface area (Å²) in [6.45, 7) is 0.506. The van der Waals surface area contributed by atoms with Crippen LogP contribution in [0.15, 0.2) is 49.2 Å². The number of fused-ring (bicyclic) bond motifs is 1. The number of rotatable bonds is 6. The molecule has 4 heterocycles. The molecule has 0 spiro atoms. The number of aryl methyl sites for hydroxylation is 1. The van der Waals surface area contributed by atoms with Crippen molar-refractivity contribution in [2.24, 2.45) is 7.05 Å². The zero-order valence-corrected chi connectivity index (χ0v) is 18.2. The summed E-state index contributed by atoms with van der Waals surface area (Å²) in [5.74, 6) is 1.70. The lowest BCUT2D eigenvalue weighted by atomic mass is 10.1. The summed E-state index contributed by atoms with van der Waals surface area (Å²) in [5, 5.41) is 14.9. The highest BCUT2D eigenvalue weighted by Crippen LogP contribution is 2.33. The monoisotopic (exact) mass is 444 g/mol. The molecule has 0 aliphatic heterocycles. The van der Waals surface area contributed by atoms with Gasteiger partial charge in [0.25, 0.3) is 0 Å². The molecule has 0 amide bonds. The topological polar surface area (TPSA) is 126 Å². The summed E-state index contributed by atoms with van der Waals surface area (Å²) >= 11 is 0. The van der Waals surface area contributed by atoms with E-state index in [1.807, 2.05) is 31.3 Å². The lowest BCUT2D eigenvalue weighted by Crippen LogP contribution is -2.05. The highest BCUT2D eigenvalue weighted by Gasteiger charge is 2.19. The summed E-state index contributed by atoms with van der Waals surface area (Å²) in [6.07, 6.45) is 6.35. The number of aromatic hydroxyl groups is 1. The van der Waals surface area contributed by atoms with Crippen LogP contribution in [0.4, 0.5) is 0 Å². The number of benzene rings is 1. The average Bonchev–Trinajstić information content (AvgIpc) is 3.40. The van der Waals surface area contributed by atoms with E-state index in [9.17, 15) is 5.11 Å². The first-order valence-corrected chi connectivity index (χ1v) is 10.0. The van der Waals surface area contributed by atoms with Crippen molar-refractivity contribution in [3.05, 3.63) is 54.7 Å². The van der Waals surface area contributed by atoms with Crippen LogP contribution in [0, 0.1) is 0 Å². The van der Waals surface area contributed by atoms with Crippen LogP contribution in [0.2, 0.25) is 0 Å². The van der Waals surface area contributed by atoms with Gasteiger partial charge in [0, 0.05) is 18.8 Å². The fourth-order valence-corrected chi connectivity index (χ4v) is 3.61. The zero-order chi connectivity index (χ0) is 22.9. The summed E-state index contributed by atoms with van der Waals surface area (Å²) in [5.41, 5.74) is 3.06. The highest BCUT2D eigenvalue weighted by atomic mass is 16.5. The van der Waals surface area contributed by atoms with E-state index in [1.165, 1.54) is 20.5 Å². The molecule has 0 saturated heterocycles. The Kier molecular flexibility index (Phi) is 5.05. The third kappa shape index (κ3) is 3.69. The quantitative estimate of drug-likeness (QED) is 0.420. The molecule has 0 radical (unpaired) electrons. The first-order valence-electron chi connectivity index (χ1n) is 10.0. The van der Waals surface area contributed by atoms with Gasteiger partial charge in [0.1, 0.15) is 17.7 Å². The van der Waals surface area contributed by atoms with Crippen molar-refractivity contribution < 1.29 is 14.6 Å². The minimum absolute atomic E-state index is 0.00727. The molecule has 1 aromatic carbocycles. The maximum absolute atomic E-state index is 9.61. The highest BCUT2D eigenvalue weighted by molar-refractivity contribution is 5.78. The molecule has 11 heteroatoms.